The number of nitrogens with one attached hydrogen (secondary N) is 1. The number of nitrogens with zero attached hydrogens (tertiary/aromatic N) is 4. The standard InChI is InChI=1S/C18H17N5O3/c1-10(15(24)12-8-19-13-7-5-4-6-11(12)13)23-9-20-16-14(23)17(25)22(3)18(26)21(16)2/h4-10,19H,1-3H3/t10-/m1/s1. The molecule has 8 nitrogen and oxygen atoms in total. The number of hydrogen-bond acceptors (Lipinski definition) is 4. The van der Waals surface area contributed by atoms with Crippen molar-refractivity contribution in [2.24, 2.45) is 14.1 Å². The van der Waals surface area contributed by atoms with Gasteiger partial charge in [-0.15, -0.1) is 0 Å². The summed E-state index contributed by atoms with van der Waals surface area (Å²) in [5, 5.41) is 0.828. The highest BCUT2D eigenvalue weighted by atomic mass is 16.2. The van der Waals surface area contributed by atoms with Crippen LogP contribution in [0.3, 0.4) is 0 Å². The second kappa shape index (κ2) is 5.55. The molecule has 0 amide bonds. The van der Waals surface area contributed by atoms with E-state index in [1.165, 1.54) is 22.5 Å². The molecular weight excluding hydrogens is 334 g/mol. The number of aromatic nitrogens is 5. The van der Waals surface area contributed by atoms with E-state index < -0.39 is 17.3 Å². The minimum absolute atomic E-state index is 0.141. The maximum atomic E-state index is 13.1. The number of carbonyl (C=O) groups is 1. The van der Waals surface area contributed by atoms with Crippen molar-refractivity contribution in [2.75, 3.05) is 0 Å². The van der Waals surface area contributed by atoms with Crippen molar-refractivity contribution in [1.82, 2.24) is 23.7 Å². The first-order valence-electron chi connectivity index (χ1n) is 8.14. The molecule has 0 radical (unpaired) electrons. The van der Waals surface area contributed by atoms with Crippen LogP contribution < -0.4 is 11.2 Å². The van der Waals surface area contributed by atoms with Gasteiger partial charge in [0.2, 0.25) is 0 Å². The largest absolute Gasteiger partial charge is 0.360 e. The van der Waals surface area contributed by atoms with Crippen molar-refractivity contribution < 1.29 is 4.79 Å². The van der Waals surface area contributed by atoms with Crippen molar-refractivity contribution in [2.45, 2.75) is 13.0 Å². The first kappa shape index (κ1) is 16.1. The zero-order valence-electron chi connectivity index (χ0n) is 14.6. The van der Waals surface area contributed by atoms with Gasteiger partial charge in [0.05, 0.1) is 12.4 Å². The van der Waals surface area contributed by atoms with Crippen LogP contribution in [-0.2, 0) is 14.1 Å². The van der Waals surface area contributed by atoms with E-state index >= 15 is 0 Å². The van der Waals surface area contributed by atoms with Crippen LogP contribution in [-0.4, -0.2) is 29.5 Å². The number of H-pyrrole nitrogens is 1. The summed E-state index contributed by atoms with van der Waals surface area (Å²) in [5.74, 6) is -0.141. The molecule has 0 bridgehead atoms. The van der Waals surface area contributed by atoms with E-state index in [0.717, 1.165) is 15.5 Å². The molecule has 132 valence electrons. The molecule has 4 rings (SSSR count). The second-order valence-corrected chi connectivity index (χ2v) is 6.32. The van der Waals surface area contributed by atoms with Crippen LogP contribution in [0.15, 0.2) is 46.4 Å². The Morgan fingerprint density at radius 2 is 1.88 bits per heavy atom. The quantitative estimate of drug-likeness (QED) is 0.564. The molecule has 8 heteroatoms. The van der Waals surface area contributed by atoms with Gasteiger partial charge in [-0.3, -0.25) is 18.7 Å². The van der Waals surface area contributed by atoms with Gasteiger partial charge in [-0.05, 0) is 13.0 Å². The average Bonchev–Trinajstić information content (AvgIpc) is 3.28. The zero-order valence-corrected chi connectivity index (χ0v) is 14.6. The van der Waals surface area contributed by atoms with Gasteiger partial charge in [-0.1, -0.05) is 18.2 Å². The van der Waals surface area contributed by atoms with Crippen molar-refractivity contribution in [3.05, 3.63) is 63.2 Å². The number of aryl methyl sites for hydroxylation is 1. The summed E-state index contributed by atoms with van der Waals surface area (Å²) in [6.45, 7) is 1.72. The molecule has 3 aromatic heterocycles. The Hall–Kier alpha value is -3.42. The average molecular weight is 351 g/mol. The van der Waals surface area contributed by atoms with Gasteiger partial charge in [0.25, 0.3) is 5.56 Å². The summed E-state index contributed by atoms with van der Waals surface area (Å²) in [6, 6.07) is 6.89. The molecule has 3 heterocycles. The number of rotatable bonds is 3. The van der Waals surface area contributed by atoms with E-state index in [9.17, 15) is 14.4 Å². The molecule has 4 aromatic rings. The van der Waals surface area contributed by atoms with Crippen LogP contribution in [0, 0.1) is 0 Å². The van der Waals surface area contributed by atoms with E-state index in [-0.39, 0.29) is 16.9 Å². The highest BCUT2D eigenvalue weighted by molar-refractivity contribution is 6.09. The Balaban J connectivity index is 1.89. The fourth-order valence-electron chi connectivity index (χ4n) is 3.28. The van der Waals surface area contributed by atoms with Gasteiger partial charge in [-0.25, -0.2) is 9.78 Å². The van der Waals surface area contributed by atoms with Crippen molar-refractivity contribution in [1.29, 1.82) is 0 Å². The van der Waals surface area contributed by atoms with E-state index in [0.29, 0.717) is 5.56 Å². The predicted octanol–water partition coefficient (Wildman–Crippen LogP) is 1.36. The molecular formula is C18H17N5O3. The minimum Gasteiger partial charge on any atom is -0.360 e. The Bertz CT molecular complexity index is 1290. The Labute approximate surface area is 147 Å². The molecule has 26 heavy (non-hydrogen) atoms. The Morgan fingerprint density at radius 3 is 2.65 bits per heavy atom. The predicted molar refractivity (Wildman–Crippen MR) is 97.6 cm³/mol. The fourth-order valence-corrected chi connectivity index (χ4v) is 3.28. The Morgan fingerprint density at radius 1 is 1.15 bits per heavy atom. The van der Waals surface area contributed by atoms with E-state index in [4.69, 9.17) is 0 Å². The minimum atomic E-state index is -0.649. The maximum Gasteiger partial charge on any atom is 0.332 e. The third-order valence-electron chi connectivity index (χ3n) is 4.82. The third kappa shape index (κ3) is 2.08. The molecule has 1 N–H and O–H groups in total. The van der Waals surface area contributed by atoms with Crippen LogP contribution in [0.2, 0.25) is 0 Å². The molecule has 0 saturated carbocycles. The molecule has 0 aliphatic rings. The molecule has 0 aliphatic heterocycles. The lowest BCUT2D eigenvalue weighted by Crippen LogP contribution is -2.38. The summed E-state index contributed by atoms with van der Waals surface area (Å²) >= 11 is 0. The van der Waals surface area contributed by atoms with Gasteiger partial charge < -0.3 is 9.55 Å². The van der Waals surface area contributed by atoms with Crippen LogP contribution >= 0.6 is 0 Å². The number of imidazole rings is 1. The summed E-state index contributed by atoms with van der Waals surface area (Å²) in [5.41, 5.74) is 0.989. The van der Waals surface area contributed by atoms with Gasteiger partial charge in [0.1, 0.15) is 0 Å². The number of ketones is 1. The molecule has 0 aliphatic carbocycles. The number of benzene rings is 1. The summed E-state index contributed by atoms with van der Waals surface area (Å²) in [7, 11) is 2.96. The monoisotopic (exact) mass is 351 g/mol. The van der Waals surface area contributed by atoms with E-state index in [2.05, 4.69) is 9.97 Å². The van der Waals surface area contributed by atoms with E-state index in [1.807, 2.05) is 24.3 Å². The fraction of sp³-hybridized carbons (Fsp3) is 0.222. The van der Waals surface area contributed by atoms with E-state index in [1.54, 1.807) is 20.2 Å². The second-order valence-electron chi connectivity index (χ2n) is 6.32. The zero-order chi connectivity index (χ0) is 18.6. The summed E-state index contributed by atoms with van der Waals surface area (Å²) in [4.78, 5) is 45.0. The van der Waals surface area contributed by atoms with Crippen molar-refractivity contribution in [3.8, 4) is 0 Å². The lowest BCUT2D eigenvalue weighted by atomic mass is 10.0. The molecule has 1 aromatic carbocycles. The number of hydrogen-bond donors (Lipinski definition) is 1. The number of Topliss-reactive ketones (excluding diaryl/α,β-unsaturated/α-hetero) is 1. The van der Waals surface area contributed by atoms with Crippen molar-refractivity contribution in [3.63, 3.8) is 0 Å². The van der Waals surface area contributed by atoms with Gasteiger partial charge in [0, 0.05) is 36.8 Å². The first-order chi connectivity index (χ1) is 12.4. The molecule has 0 spiro atoms. The topological polar surface area (TPSA) is 94.7 Å². The number of para-hydroxylation sites is 1. The summed E-state index contributed by atoms with van der Waals surface area (Å²) in [6.07, 6.45) is 3.11. The van der Waals surface area contributed by atoms with Gasteiger partial charge >= 0.3 is 5.69 Å². The number of carbonyl (C=O) groups excluding carboxylic acids is 1. The van der Waals surface area contributed by atoms with Crippen molar-refractivity contribution >= 4 is 27.9 Å². The van der Waals surface area contributed by atoms with Crippen LogP contribution in [0.25, 0.3) is 22.1 Å². The molecule has 0 saturated heterocycles. The lowest BCUT2D eigenvalue weighted by Gasteiger charge is -2.13. The highest BCUT2D eigenvalue weighted by Gasteiger charge is 2.24. The first-order valence-corrected chi connectivity index (χ1v) is 8.14. The van der Waals surface area contributed by atoms with Crippen LogP contribution in [0.4, 0.5) is 0 Å². The number of aromatic amines is 1. The molecule has 0 fully saturated rings. The van der Waals surface area contributed by atoms with Gasteiger partial charge in [0.15, 0.2) is 16.9 Å². The normalized spacial score (nSPS) is 12.7. The summed E-state index contributed by atoms with van der Waals surface area (Å²) < 4.78 is 3.85. The third-order valence-corrected chi connectivity index (χ3v) is 4.82. The smallest absolute Gasteiger partial charge is 0.332 e. The SMILES string of the molecule is C[C@H](C(=O)c1c[nH]c2ccccc12)n1cnc2c1c(=O)n(C)c(=O)n2C. The molecule has 0 unspecified atom stereocenters. The van der Waals surface area contributed by atoms with Crippen LogP contribution in [0.5, 0.6) is 0 Å². The Kier molecular flexibility index (Phi) is 3.43. The van der Waals surface area contributed by atoms with Gasteiger partial charge in [-0.2, -0.15) is 0 Å². The number of fused-ring (bicyclic) bond motifs is 2. The lowest BCUT2D eigenvalue weighted by molar-refractivity contribution is 0.0938. The molecule has 1 atom stereocenters. The highest BCUT2D eigenvalue weighted by Crippen LogP contribution is 2.24. The maximum absolute atomic E-state index is 13.1. The van der Waals surface area contributed by atoms with Crippen LogP contribution in [0.1, 0.15) is 23.3 Å².